The van der Waals surface area contributed by atoms with E-state index in [1.807, 2.05) is 82.4 Å². The van der Waals surface area contributed by atoms with Gasteiger partial charge in [-0.2, -0.15) is 0 Å². The Balaban J connectivity index is 1.93. The molecule has 0 unspecified atom stereocenters. The molecular weight excluding hydrogens is 408 g/mol. The Morgan fingerprint density at radius 3 is 2.13 bits per heavy atom. The average molecular weight is 431 g/mol. The van der Waals surface area contributed by atoms with Crippen LogP contribution in [0.15, 0.2) is 72.4 Å². The molecule has 1 aliphatic heterocycles. The molecular formula is C26H23ClN2O2. The molecule has 2 amide bonds. The lowest BCUT2D eigenvalue weighted by atomic mass is 9.99. The van der Waals surface area contributed by atoms with Crippen LogP contribution in [-0.2, 0) is 9.59 Å². The summed E-state index contributed by atoms with van der Waals surface area (Å²) in [5, 5.41) is 0.471. The molecule has 0 fully saturated rings. The van der Waals surface area contributed by atoms with E-state index < -0.39 is 0 Å². The van der Waals surface area contributed by atoms with Crippen molar-refractivity contribution in [3.05, 3.63) is 99.7 Å². The zero-order valence-corrected chi connectivity index (χ0v) is 18.7. The summed E-state index contributed by atoms with van der Waals surface area (Å²) in [4.78, 5) is 30.4. The molecule has 0 N–H and O–H groups in total. The van der Waals surface area contributed by atoms with E-state index in [0.717, 1.165) is 27.9 Å². The van der Waals surface area contributed by atoms with Crippen LogP contribution in [0.1, 0.15) is 22.3 Å². The Morgan fingerprint density at radius 1 is 0.774 bits per heavy atom. The first-order valence-corrected chi connectivity index (χ1v) is 10.4. The minimum absolute atomic E-state index is 0.346. The van der Waals surface area contributed by atoms with Gasteiger partial charge < -0.3 is 4.90 Å². The molecule has 0 spiro atoms. The monoisotopic (exact) mass is 430 g/mol. The molecule has 4 nitrogen and oxygen atoms in total. The summed E-state index contributed by atoms with van der Waals surface area (Å²) < 4.78 is 0. The molecule has 0 saturated heterocycles. The van der Waals surface area contributed by atoms with Crippen molar-refractivity contribution < 1.29 is 9.59 Å². The van der Waals surface area contributed by atoms with Gasteiger partial charge in [0.2, 0.25) is 0 Å². The number of carbonyl (C=O) groups excluding carboxylic acids is 2. The van der Waals surface area contributed by atoms with Crippen LogP contribution in [0.2, 0.25) is 5.02 Å². The second kappa shape index (κ2) is 8.05. The number of para-hydroxylation sites is 1. The highest BCUT2D eigenvalue weighted by Gasteiger charge is 2.42. The Hall–Kier alpha value is -3.37. The predicted molar refractivity (Wildman–Crippen MR) is 126 cm³/mol. The number of anilines is 2. The maximum absolute atomic E-state index is 13.7. The summed E-state index contributed by atoms with van der Waals surface area (Å²) in [6.45, 7) is 5.88. The standard InChI is InChI=1S/C26H23ClN2O2/c1-16-10-12-19(14-18(16)3)23-24(28(4)21-8-6-5-7-9-21)26(31)29(25(23)30)22-15-20(27)13-11-17(22)2/h5-15H,1-4H3. The molecule has 4 rings (SSSR count). The topological polar surface area (TPSA) is 40.6 Å². The van der Waals surface area contributed by atoms with E-state index >= 15 is 0 Å². The van der Waals surface area contributed by atoms with E-state index in [4.69, 9.17) is 11.6 Å². The maximum Gasteiger partial charge on any atom is 0.282 e. The number of amides is 2. The van der Waals surface area contributed by atoms with E-state index in [1.165, 1.54) is 4.90 Å². The number of hydrogen-bond donors (Lipinski definition) is 0. The lowest BCUT2D eigenvalue weighted by Crippen LogP contribution is -2.34. The molecule has 3 aromatic carbocycles. The van der Waals surface area contributed by atoms with Crippen molar-refractivity contribution in [2.24, 2.45) is 0 Å². The molecule has 0 atom stereocenters. The third-order valence-corrected chi connectivity index (χ3v) is 5.98. The minimum atomic E-state index is -0.366. The number of nitrogens with zero attached hydrogens (tertiary/aromatic N) is 2. The van der Waals surface area contributed by atoms with Crippen LogP contribution < -0.4 is 9.80 Å². The zero-order chi connectivity index (χ0) is 22.3. The molecule has 0 aliphatic carbocycles. The van der Waals surface area contributed by atoms with Crippen molar-refractivity contribution in [1.29, 1.82) is 0 Å². The summed E-state index contributed by atoms with van der Waals surface area (Å²) in [5.74, 6) is -0.716. The van der Waals surface area contributed by atoms with Crippen molar-refractivity contribution >= 4 is 40.4 Å². The van der Waals surface area contributed by atoms with Gasteiger partial charge in [-0.05, 0) is 67.3 Å². The molecule has 0 saturated carbocycles. The molecule has 156 valence electrons. The van der Waals surface area contributed by atoms with Crippen LogP contribution in [0.5, 0.6) is 0 Å². The summed E-state index contributed by atoms with van der Waals surface area (Å²) in [5.41, 5.74) is 5.77. The number of likely N-dealkylation sites (N-methyl/N-ethyl adjacent to an activating group) is 1. The number of halogens is 1. The van der Waals surface area contributed by atoms with Crippen LogP contribution in [0.25, 0.3) is 5.57 Å². The number of hydrogen-bond acceptors (Lipinski definition) is 3. The fourth-order valence-corrected chi connectivity index (χ4v) is 3.98. The minimum Gasteiger partial charge on any atom is -0.339 e. The van der Waals surface area contributed by atoms with Gasteiger partial charge in [-0.15, -0.1) is 0 Å². The fraction of sp³-hybridized carbons (Fsp3) is 0.154. The van der Waals surface area contributed by atoms with Gasteiger partial charge in [0, 0.05) is 17.8 Å². The SMILES string of the molecule is Cc1ccc(C2=C(N(C)c3ccccc3)C(=O)N(c3cc(Cl)ccc3C)C2=O)cc1C. The lowest BCUT2D eigenvalue weighted by Gasteiger charge is -2.22. The van der Waals surface area contributed by atoms with Crippen LogP contribution in [0.4, 0.5) is 11.4 Å². The maximum atomic E-state index is 13.7. The Labute approximate surface area is 187 Å². The van der Waals surface area contributed by atoms with Crippen LogP contribution in [0, 0.1) is 20.8 Å². The van der Waals surface area contributed by atoms with E-state index in [1.54, 1.807) is 17.0 Å². The molecule has 5 heteroatoms. The van der Waals surface area contributed by atoms with Gasteiger partial charge in [0.1, 0.15) is 5.70 Å². The van der Waals surface area contributed by atoms with Gasteiger partial charge in [0.15, 0.2) is 0 Å². The third-order valence-electron chi connectivity index (χ3n) is 5.75. The van der Waals surface area contributed by atoms with Crippen molar-refractivity contribution in [3.63, 3.8) is 0 Å². The Kier molecular flexibility index (Phi) is 5.42. The normalized spacial score (nSPS) is 13.9. The first kappa shape index (κ1) is 20.9. The largest absolute Gasteiger partial charge is 0.339 e. The van der Waals surface area contributed by atoms with Crippen molar-refractivity contribution in [1.82, 2.24) is 0 Å². The molecule has 3 aromatic rings. The van der Waals surface area contributed by atoms with Crippen LogP contribution >= 0.6 is 11.6 Å². The second-order valence-corrected chi connectivity index (χ2v) is 8.23. The summed E-state index contributed by atoms with van der Waals surface area (Å²) >= 11 is 6.20. The molecule has 0 aromatic heterocycles. The predicted octanol–water partition coefficient (Wildman–Crippen LogP) is 5.69. The molecule has 1 heterocycles. The summed E-state index contributed by atoms with van der Waals surface area (Å²) in [6.07, 6.45) is 0. The van der Waals surface area contributed by atoms with Crippen molar-refractivity contribution in [2.45, 2.75) is 20.8 Å². The third kappa shape index (κ3) is 3.64. The fourth-order valence-electron chi connectivity index (χ4n) is 3.81. The highest BCUT2D eigenvalue weighted by Crippen LogP contribution is 2.38. The highest BCUT2D eigenvalue weighted by atomic mass is 35.5. The number of aryl methyl sites for hydroxylation is 3. The van der Waals surface area contributed by atoms with E-state index in [9.17, 15) is 9.59 Å². The average Bonchev–Trinajstić information content (AvgIpc) is 3.02. The van der Waals surface area contributed by atoms with E-state index in [2.05, 4.69) is 0 Å². The van der Waals surface area contributed by atoms with Gasteiger partial charge >= 0.3 is 0 Å². The zero-order valence-electron chi connectivity index (χ0n) is 17.9. The number of rotatable bonds is 4. The molecule has 0 bridgehead atoms. The summed E-state index contributed by atoms with van der Waals surface area (Å²) in [7, 11) is 1.81. The van der Waals surface area contributed by atoms with Gasteiger partial charge in [-0.25, -0.2) is 4.90 Å². The van der Waals surface area contributed by atoms with E-state index in [0.29, 0.717) is 22.0 Å². The number of imide groups is 1. The van der Waals surface area contributed by atoms with E-state index in [-0.39, 0.29) is 11.8 Å². The highest BCUT2D eigenvalue weighted by molar-refractivity contribution is 6.46. The van der Waals surface area contributed by atoms with Crippen LogP contribution in [0.3, 0.4) is 0 Å². The molecule has 1 aliphatic rings. The quantitative estimate of drug-likeness (QED) is 0.499. The first-order chi connectivity index (χ1) is 14.8. The number of carbonyl (C=O) groups is 2. The van der Waals surface area contributed by atoms with Gasteiger partial charge in [-0.1, -0.05) is 54.1 Å². The first-order valence-electron chi connectivity index (χ1n) is 10.0. The van der Waals surface area contributed by atoms with Crippen molar-refractivity contribution in [2.75, 3.05) is 16.8 Å². The van der Waals surface area contributed by atoms with Crippen molar-refractivity contribution in [3.8, 4) is 0 Å². The Bertz CT molecular complexity index is 1230. The smallest absolute Gasteiger partial charge is 0.282 e. The van der Waals surface area contributed by atoms with Crippen LogP contribution in [-0.4, -0.2) is 18.9 Å². The van der Waals surface area contributed by atoms with Gasteiger partial charge in [-0.3, -0.25) is 9.59 Å². The molecule has 31 heavy (non-hydrogen) atoms. The Morgan fingerprint density at radius 2 is 1.45 bits per heavy atom. The van der Waals surface area contributed by atoms with Gasteiger partial charge in [0.05, 0.1) is 11.3 Å². The lowest BCUT2D eigenvalue weighted by molar-refractivity contribution is -0.120. The number of benzene rings is 3. The summed E-state index contributed by atoms with van der Waals surface area (Å²) in [6, 6.07) is 20.6. The van der Waals surface area contributed by atoms with Gasteiger partial charge in [0.25, 0.3) is 11.8 Å². The second-order valence-electron chi connectivity index (χ2n) is 7.79. The molecule has 0 radical (unpaired) electrons.